The predicted octanol–water partition coefficient (Wildman–Crippen LogP) is 2.44. The van der Waals surface area contributed by atoms with Crippen molar-refractivity contribution in [2.75, 3.05) is 46.4 Å². The Morgan fingerprint density at radius 1 is 1.14 bits per heavy atom. The van der Waals surface area contributed by atoms with Crippen LogP contribution in [0, 0.1) is 5.41 Å². The van der Waals surface area contributed by atoms with Crippen molar-refractivity contribution in [2.24, 2.45) is 5.41 Å². The van der Waals surface area contributed by atoms with Crippen molar-refractivity contribution >= 4 is 6.03 Å². The van der Waals surface area contributed by atoms with E-state index in [1.165, 1.54) is 12.0 Å². The zero-order chi connectivity index (χ0) is 20.3. The summed E-state index contributed by atoms with van der Waals surface area (Å²) in [5, 5.41) is 13.5. The standard InChI is InChI=1S/C23H35N3O3/c1-29-17-23(16-24-21-15-20(21)18-5-3-2-4-6-18)9-13-26(14-10-23)22(28)25-11-7-19(27)8-12-25/h2-6,19-21,24,27H,7-17H2,1H3/t20-,21+/m0/s1. The minimum atomic E-state index is -0.247. The molecule has 160 valence electrons. The van der Waals surface area contributed by atoms with Crippen molar-refractivity contribution in [1.82, 2.24) is 15.1 Å². The number of likely N-dealkylation sites (tertiary alicyclic amines) is 2. The molecule has 0 spiro atoms. The van der Waals surface area contributed by atoms with Gasteiger partial charge in [0.15, 0.2) is 0 Å². The lowest BCUT2D eigenvalue weighted by atomic mass is 9.79. The number of hydrogen-bond acceptors (Lipinski definition) is 4. The van der Waals surface area contributed by atoms with Crippen LogP contribution in [-0.2, 0) is 4.74 Å². The van der Waals surface area contributed by atoms with Crippen LogP contribution in [0.1, 0.15) is 43.6 Å². The summed E-state index contributed by atoms with van der Waals surface area (Å²) in [5.74, 6) is 0.631. The van der Waals surface area contributed by atoms with Crippen molar-refractivity contribution in [3.8, 4) is 0 Å². The van der Waals surface area contributed by atoms with Crippen molar-refractivity contribution in [1.29, 1.82) is 0 Å². The molecule has 0 radical (unpaired) electrons. The second-order valence-electron chi connectivity index (χ2n) is 9.16. The van der Waals surface area contributed by atoms with E-state index in [2.05, 4.69) is 35.6 Å². The number of nitrogens with zero attached hydrogens (tertiary/aromatic N) is 2. The van der Waals surface area contributed by atoms with Gasteiger partial charge in [-0.15, -0.1) is 0 Å². The van der Waals surface area contributed by atoms with Crippen LogP contribution >= 0.6 is 0 Å². The van der Waals surface area contributed by atoms with Gasteiger partial charge in [-0.25, -0.2) is 4.79 Å². The van der Waals surface area contributed by atoms with Gasteiger partial charge < -0.3 is 25.0 Å². The third kappa shape index (κ3) is 4.93. The van der Waals surface area contributed by atoms with Gasteiger partial charge >= 0.3 is 6.03 Å². The monoisotopic (exact) mass is 401 g/mol. The van der Waals surface area contributed by atoms with Crippen LogP contribution in [0.2, 0.25) is 0 Å². The molecule has 2 amide bonds. The molecule has 29 heavy (non-hydrogen) atoms. The van der Waals surface area contributed by atoms with E-state index < -0.39 is 0 Å². The third-order valence-electron chi connectivity index (χ3n) is 7.04. The number of benzene rings is 1. The summed E-state index contributed by atoms with van der Waals surface area (Å²) >= 11 is 0. The SMILES string of the molecule is COCC1(CN[C@@H]2C[C@H]2c2ccccc2)CCN(C(=O)N2CCC(O)CC2)CC1. The van der Waals surface area contributed by atoms with Gasteiger partial charge in [-0.3, -0.25) is 0 Å². The fourth-order valence-electron chi connectivity index (χ4n) is 4.94. The summed E-state index contributed by atoms with van der Waals surface area (Å²) in [7, 11) is 1.78. The van der Waals surface area contributed by atoms with Crippen molar-refractivity contribution in [2.45, 2.75) is 50.2 Å². The first-order valence-corrected chi connectivity index (χ1v) is 11.1. The minimum absolute atomic E-state index is 0.105. The van der Waals surface area contributed by atoms with Crippen LogP contribution in [-0.4, -0.2) is 79.5 Å². The van der Waals surface area contributed by atoms with E-state index in [-0.39, 0.29) is 17.6 Å². The molecule has 1 aromatic carbocycles. The summed E-state index contributed by atoms with van der Waals surface area (Å²) in [6.45, 7) is 4.60. The quantitative estimate of drug-likeness (QED) is 0.769. The van der Waals surface area contributed by atoms with Gasteiger partial charge in [0.25, 0.3) is 0 Å². The molecule has 2 atom stereocenters. The molecule has 2 N–H and O–H groups in total. The van der Waals surface area contributed by atoms with E-state index in [4.69, 9.17) is 4.74 Å². The number of aliphatic hydroxyl groups excluding tert-OH is 1. The number of nitrogens with one attached hydrogen (secondary N) is 1. The molecule has 2 saturated heterocycles. The number of piperidine rings is 2. The predicted molar refractivity (Wildman–Crippen MR) is 113 cm³/mol. The zero-order valence-electron chi connectivity index (χ0n) is 17.6. The van der Waals surface area contributed by atoms with Crippen LogP contribution in [0.3, 0.4) is 0 Å². The van der Waals surface area contributed by atoms with Gasteiger partial charge in [0, 0.05) is 57.2 Å². The maximum Gasteiger partial charge on any atom is 0.320 e. The van der Waals surface area contributed by atoms with Gasteiger partial charge in [-0.05, 0) is 37.7 Å². The maximum absolute atomic E-state index is 12.8. The molecule has 1 saturated carbocycles. The fourth-order valence-corrected chi connectivity index (χ4v) is 4.94. The zero-order valence-corrected chi connectivity index (χ0v) is 17.6. The first-order valence-electron chi connectivity index (χ1n) is 11.1. The smallest absolute Gasteiger partial charge is 0.320 e. The van der Waals surface area contributed by atoms with Crippen LogP contribution in [0.5, 0.6) is 0 Å². The molecule has 3 fully saturated rings. The first-order chi connectivity index (χ1) is 14.1. The number of ether oxygens (including phenoxy) is 1. The highest BCUT2D eigenvalue weighted by atomic mass is 16.5. The molecule has 6 heteroatoms. The molecule has 1 aliphatic carbocycles. The topological polar surface area (TPSA) is 65.0 Å². The van der Waals surface area contributed by atoms with E-state index in [1.54, 1.807) is 7.11 Å². The molecule has 2 heterocycles. The Labute approximate surface area is 174 Å². The summed E-state index contributed by atoms with van der Waals surface area (Å²) in [4.78, 5) is 16.7. The maximum atomic E-state index is 12.8. The van der Waals surface area contributed by atoms with E-state index in [0.29, 0.717) is 37.9 Å². The van der Waals surface area contributed by atoms with E-state index in [0.717, 1.165) is 39.1 Å². The normalized spacial score (nSPS) is 27.1. The first kappa shape index (κ1) is 20.6. The number of methoxy groups -OCH3 is 1. The molecule has 1 aromatic rings. The number of urea groups is 1. The van der Waals surface area contributed by atoms with Gasteiger partial charge in [0.1, 0.15) is 0 Å². The summed E-state index contributed by atoms with van der Waals surface area (Å²) in [5.41, 5.74) is 1.53. The highest BCUT2D eigenvalue weighted by Crippen LogP contribution is 2.42. The number of hydrogen-bond donors (Lipinski definition) is 2. The van der Waals surface area contributed by atoms with Crippen molar-refractivity contribution in [3.63, 3.8) is 0 Å². The third-order valence-corrected chi connectivity index (χ3v) is 7.04. The lowest BCUT2D eigenvalue weighted by Crippen LogP contribution is -2.53. The molecule has 0 unspecified atom stereocenters. The number of rotatable bonds is 6. The summed E-state index contributed by atoms with van der Waals surface area (Å²) in [6.07, 6.45) is 4.29. The molecule has 6 nitrogen and oxygen atoms in total. The van der Waals surface area contributed by atoms with Crippen LogP contribution in [0.15, 0.2) is 30.3 Å². The highest BCUT2D eigenvalue weighted by Gasteiger charge is 2.42. The Balaban J connectivity index is 1.27. The minimum Gasteiger partial charge on any atom is -0.393 e. The van der Waals surface area contributed by atoms with E-state index in [9.17, 15) is 9.90 Å². The lowest BCUT2D eigenvalue weighted by molar-refractivity contribution is 0.0217. The average Bonchev–Trinajstić information content (AvgIpc) is 3.54. The number of amides is 2. The average molecular weight is 402 g/mol. The van der Waals surface area contributed by atoms with Crippen LogP contribution in [0.25, 0.3) is 0 Å². The Kier molecular flexibility index (Phi) is 6.42. The van der Waals surface area contributed by atoms with Gasteiger partial charge in [0.05, 0.1) is 12.7 Å². The van der Waals surface area contributed by atoms with Gasteiger partial charge in [-0.2, -0.15) is 0 Å². The second kappa shape index (κ2) is 9.02. The molecular weight excluding hydrogens is 366 g/mol. The van der Waals surface area contributed by atoms with Crippen LogP contribution in [0.4, 0.5) is 4.79 Å². The fraction of sp³-hybridized carbons (Fsp3) is 0.696. The van der Waals surface area contributed by atoms with Crippen molar-refractivity contribution < 1.29 is 14.6 Å². The Morgan fingerprint density at radius 2 is 1.79 bits per heavy atom. The largest absolute Gasteiger partial charge is 0.393 e. The molecule has 0 bridgehead atoms. The van der Waals surface area contributed by atoms with Gasteiger partial charge in [-0.1, -0.05) is 30.3 Å². The van der Waals surface area contributed by atoms with E-state index in [1.807, 2.05) is 9.80 Å². The van der Waals surface area contributed by atoms with E-state index >= 15 is 0 Å². The molecule has 0 aromatic heterocycles. The van der Waals surface area contributed by atoms with Gasteiger partial charge in [0.2, 0.25) is 0 Å². The summed E-state index contributed by atoms with van der Waals surface area (Å²) < 4.78 is 5.59. The number of carbonyl (C=O) groups is 1. The molecule has 2 aliphatic heterocycles. The second-order valence-corrected chi connectivity index (χ2v) is 9.16. The van der Waals surface area contributed by atoms with Crippen molar-refractivity contribution in [3.05, 3.63) is 35.9 Å². The Bertz CT molecular complexity index is 667. The lowest BCUT2D eigenvalue weighted by Gasteiger charge is -2.43. The Hall–Kier alpha value is -1.63. The summed E-state index contributed by atoms with van der Waals surface area (Å²) in [6, 6.07) is 11.5. The Morgan fingerprint density at radius 3 is 2.45 bits per heavy atom. The molecular formula is C23H35N3O3. The molecule has 4 rings (SSSR count). The number of aliphatic hydroxyl groups is 1. The van der Waals surface area contributed by atoms with Crippen LogP contribution < -0.4 is 5.32 Å². The highest BCUT2D eigenvalue weighted by molar-refractivity contribution is 5.74. The number of carbonyl (C=O) groups excluding carboxylic acids is 1. The molecule has 3 aliphatic rings.